The van der Waals surface area contributed by atoms with E-state index in [1.807, 2.05) is 18.3 Å². The molecule has 1 aromatic carbocycles. The standard InChI is InChI=1S/C16H19N5/c17-16(18)21-20-14-8-4-3-7-13(14)15-12-6-2-1-5-11(12)9-10-19-15/h1-2,5-6,9-10,13H,3-4,7-8H2,(H4,17,18,21)/p+1/b20-14-/t13-/m1/s1. The summed E-state index contributed by atoms with van der Waals surface area (Å²) in [6.07, 6.45) is 6.23. The van der Waals surface area contributed by atoms with Crippen molar-refractivity contribution >= 4 is 22.4 Å². The molecule has 1 aliphatic rings. The molecule has 0 spiro atoms. The van der Waals surface area contributed by atoms with Gasteiger partial charge in [0.15, 0.2) is 0 Å². The van der Waals surface area contributed by atoms with Gasteiger partial charge in [-0.25, -0.2) is 0 Å². The van der Waals surface area contributed by atoms with E-state index in [4.69, 9.17) is 11.5 Å². The number of benzene rings is 1. The van der Waals surface area contributed by atoms with Gasteiger partial charge in [-0.1, -0.05) is 30.7 Å². The second kappa shape index (κ2) is 5.91. The molecule has 0 aliphatic heterocycles. The van der Waals surface area contributed by atoms with Crippen molar-refractivity contribution < 1.29 is 5.10 Å². The number of hydrazone groups is 1. The van der Waals surface area contributed by atoms with Gasteiger partial charge in [0.25, 0.3) is 0 Å². The van der Waals surface area contributed by atoms with Crippen LogP contribution in [-0.2, 0) is 0 Å². The Morgan fingerprint density at radius 1 is 1.19 bits per heavy atom. The minimum Gasteiger partial charge on any atom is -0.289 e. The van der Waals surface area contributed by atoms with Crippen LogP contribution in [0.2, 0.25) is 0 Å². The number of hydrogen-bond acceptors (Lipinski definition) is 2. The summed E-state index contributed by atoms with van der Waals surface area (Å²) in [4.78, 5) is 4.63. The number of fused-ring (bicyclic) bond motifs is 1. The Balaban J connectivity index is 2.06. The zero-order chi connectivity index (χ0) is 14.7. The Kier molecular flexibility index (Phi) is 3.81. The lowest BCUT2D eigenvalue weighted by Crippen LogP contribution is -2.73. The molecule has 0 saturated heterocycles. The first kappa shape index (κ1) is 13.5. The molecule has 0 amide bonds. The van der Waals surface area contributed by atoms with Gasteiger partial charge >= 0.3 is 5.96 Å². The lowest BCUT2D eigenvalue weighted by atomic mass is 9.83. The second-order valence-electron chi connectivity index (χ2n) is 5.39. The molecule has 21 heavy (non-hydrogen) atoms. The minimum absolute atomic E-state index is 0.123. The van der Waals surface area contributed by atoms with Crippen molar-refractivity contribution in [2.45, 2.75) is 31.6 Å². The summed E-state index contributed by atoms with van der Waals surface area (Å²) in [6, 6.07) is 10.4. The molecule has 1 atom stereocenters. The molecule has 5 nitrogen and oxygen atoms in total. The van der Waals surface area contributed by atoms with Crippen LogP contribution in [0.4, 0.5) is 0 Å². The van der Waals surface area contributed by atoms with Crippen molar-refractivity contribution in [3.63, 3.8) is 0 Å². The highest BCUT2D eigenvalue weighted by atomic mass is 15.3. The fourth-order valence-electron chi connectivity index (χ4n) is 2.98. The number of hydrogen-bond donors (Lipinski definition) is 3. The highest BCUT2D eigenvalue weighted by Gasteiger charge is 2.25. The van der Waals surface area contributed by atoms with Crippen molar-refractivity contribution in [2.24, 2.45) is 16.6 Å². The van der Waals surface area contributed by atoms with E-state index in [-0.39, 0.29) is 11.9 Å². The number of pyridine rings is 1. The Labute approximate surface area is 123 Å². The van der Waals surface area contributed by atoms with Gasteiger partial charge in [0, 0.05) is 17.5 Å². The number of nitrogens with two attached hydrogens (primary N) is 2. The molecule has 1 aromatic heterocycles. The number of nitrogens with one attached hydrogen (secondary N) is 1. The van der Waals surface area contributed by atoms with Crippen LogP contribution in [0.1, 0.15) is 37.3 Å². The van der Waals surface area contributed by atoms with E-state index < -0.39 is 0 Å². The van der Waals surface area contributed by atoms with E-state index in [1.54, 1.807) is 0 Å². The van der Waals surface area contributed by atoms with Crippen molar-refractivity contribution in [3.8, 4) is 0 Å². The van der Waals surface area contributed by atoms with Gasteiger partial charge in [-0.15, -0.1) is 5.10 Å². The van der Waals surface area contributed by atoms with E-state index in [0.717, 1.165) is 30.7 Å². The summed E-state index contributed by atoms with van der Waals surface area (Å²) in [5.41, 5.74) is 13.1. The first-order chi connectivity index (χ1) is 10.3. The third-order valence-electron chi connectivity index (χ3n) is 3.94. The monoisotopic (exact) mass is 282 g/mol. The van der Waals surface area contributed by atoms with Crippen LogP contribution in [0.25, 0.3) is 10.8 Å². The first-order valence-corrected chi connectivity index (χ1v) is 7.29. The summed E-state index contributed by atoms with van der Waals surface area (Å²) in [6.45, 7) is 0. The second-order valence-corrected chi connectivity index (χ2v) is 5.39. The predicted molar refractivity (Wildman–Crippen MR) is 84.7 cm³/mol. The van der Waals surface area contributed by atoms with Gasteiger partial charge in [0.2, 0.25) is 0 Å². The maximum Gasteiger partial charge on any atom is 0.362 e. The van der Waals surface area contributed by atoms with E-state index in [9.17, 15) is 0 Å². The molecule has 1 fully saturated rings. The number of guanidine groups is 1. The maximum absolute atomic E-state index is 5.44. The highest BCUT2D eigenvalue weighted by Crippen LogP contribution is 2.33. The highest BCUT2D eigenvalue weighted by molar-refractivity contribution is 5.95. The van der Waals surface area contributed by atoms with Crippen LogP contribution in [0.5, 0.6) is 0 Å². The zero-order valence-corrected chi connectivity index (χ0v) is 11.9. The van der Waals surface area contributed by atoms with Crippen molar-refractivity contribution in [3.05, 3.63) is 42.2 Å². The molecular formula is C16H20N5+. The summed E-state index contributed by atoms with van der Waals surface area (Å²) < 4.78 is 0. The Morgan fingerprint density at radius 2 is 2.05 bits per heavy atom. The van der Waals surface area contributed by atoms with Crippen molar-refractivity contribution in [1.82, 2.24) is 4.98 Å². The summed E-state index contributed by atoms with van der Waals surface area (Å²) in [5, 5.41) is 9.49. The van der Waals surface area contributed by atoms with Gasteiger partial charge < -0.3 is 0 Å². The third kappa shape index (κ3) is 2.86. The Morgan fingerprint density at radius 3 is 2.90 bits per heavy atom. The lowest BCUT2D eigenvalue weighted by Gasteiger charge is -2.23. The molecule has 5 N–H and O–H groups in total. The van der Waals surface area contributed by atoms with E-state index in [1.165, 1.54) is 17.2 Å². The van der Waals surface area contributed by atoms with Gasteiger partial charge in [-0.05, 0) is 30.7 Å². The molecule has 1 saturated carbocycles. The molecule has 108 valence electrons. The van der Waals surface area contributed by atoms with Gasteiger partial charge in [0.1, 0.15) is 0 Å². The Bertz CT molecular complexity index is 695. The average molecular weight is 282 g/mol. The van der Waals surface area contributed by atoms with Crippen LogP contribution >= 0.6 is 0 Å². The quantitative estimate of drug-likeness (QED) is 0.428. The molecule has 0 bridgehead atoms. The van der Waals surface area contributed by atoms with Crippen LogP contribution in [0.15, 0.2) is 41.6 Å². The lowest BCUT2D eigenvalue weighted by molar-refractivity contribution is -0.464. The third-order valence-corrected chi connectivity index (χ3v) is 3.94. The zero-order valence-electron chi connectivity index (χ0n) is 11.9. The largest absolute Gasteiger partial charge is 0.362 e. The molecule has 5 heteroatoms. The summed E-state index contributed by atoms with van der Waals surface area (Å²) in [7, 11) is 0. The fourth-order valence-corrected chi connectivity index (χ4v) is 2.98. The first-order valence-electron chi connectivity index (χ1n) is 7.29. The van der Waals surface area contributed by atoms with Gasteiger partial charge in [-0.2, -0.15) is 5.10 Å². The number of aromatic nitrogens is 1. The normalized spacial score (nSPS) is 20.6. The smallest absolute Gasteiger partial charge is 0.289 e. The molecule has 1 aliphatic carbocycles. The number of rotatable bonds is 2. The predicted octanol–water partition coefficient (Wildman–Crippen LogP) is 0.602. The molecule has 0 radical (unpaired) electrons. The van der Waals surface area contributed by atoms with Crippen molar-refractivity contribution in [2.75, 3.05) is 0 Å². The summed E-state index contributed by atoms with van der Waals surface area (Å²) >= 11 is 0. The van der Waals surface area contributed by atoms with Crippen LogP contribution < -0.4 is 16.6 Å². The average Bonchev–Trinajstić information content (AvgIpc) is 2.53. The van der Waals surface area contributed by atoms with Crippen LogP contribution in [0.3, 0.4) is 0 Å². The molecular weight excluding hydrogens is 262 g/mol. The molecule has 0 unspecified atom stereocenters. The SMILES string of the molecule is NC(N)=[NH+]/N=C1/CCCC[C@H]1c1nccc2ccccc12. The van der Waals surface area contributed by atoms with Crippen LogP contribution in [-0.4, -0.2) is 16.7 Å². The van der Waals surface area contributed by atoms with Crippen molar-refractivity contribution in [1.29, 1.82) is 0 Å². The van der Waals surface area contributed by atoms with Crippen LogP contribution in [0, 0.1) is 0 Å². The van der Waals surface area contributed by atoms with E-state index in [2.05, 4.69) is 33.4 Å². The molecule has 3 rings (SSSR count). The fraction of sp³-hybridized carbons (Fsp3) is 0.312. The topological polar surface area (TPSA) is 91.3 Å². The maximum atomic E-state index is 5.44. The Hall–Kier alpha value is -2.43. The molecule has 1 heterocycles. The van der Waals surface area contributed by atoms with E-state index >= 15 is 0 Å². The van der Waals surface area contributed by atoms with Gasteiger partial charge in [0.05, 0.1) is 11.4 Å². The summed E-state index contributed by atoms with van der Waals surface area (Å²) in [5.74, 6) is 0.356. The van der Waals surface area contributed by atoms with E-state index in [0.29, 0.717) is 0 Å². The minimum atomic E-state index is 0.123. The molecule has 2 aromatic rings. The number of nitrogens with zero attached hydrogens (tertiary/aromatic N) is 2. The van der Waals surface area contributed by atoms with Gasteiger partial charge in [-0.3, -0.25) is 16.5 Å².